The maximum absolute atomic E-state index is 14.0. The van der Waals surface area contributed by atoms with Crippen LogP contribution in [0, 0.1) is 11.8 Å². The summed E-state index contributed by atoms with van der Waals surface area (Å²) in [6.07, 6.45) is 3.65. The fourth-order valence-corrected chi connectivity index (χ4v) is 8.65. The predicted molar refractivity (Wildman–Crippen MR) is 139 cm³/mol. The SMILES string of the molecule is CC(O[Si](C)(C)C)C1C(=O)N2C(C(=O)O)=C(S(=O)c3ccccc3C(=O)N3CCCCCC3)C(C)[C@@H]12. The van der Waals surface area contributed by atoms with Gasteiger partial charge in [-0.25, -0.2) is 9.00 Å². The fourth-order valence-electron chi connectivity index (χ4n) is 5.76. The molecule has 0 saturated carbocycles. The van der Waals surface area contributed by atoms with Crippen molar-refractivity contribution in [1.29, 1.82) is 0 Å². The number of likely N-dealkylation sites (tertiary alicyclic amines) is 1. The number of hydrogen-bond donors (Lipinski definition) is 1. The molecule has 2 fully saturated rings. The Hall–Kier alpha value is -2.30. The lowest BCUT2D eigenvalue weighted by atomic mass is 9.79. The highest BCUT2D eigenvalue weighted by molar-refractivity contribution is 7.89. The van der Waals surface area contributed by atoms with Gasteiger partial charge < -0.3 is 19.3 Å². The van der Waals surface area contributed by atoms with E-state index >= 15 is 0 Å². The van der Waals surface area contributed by atoms with Crippen LogP contribution in [-0.2, 0) is 24.8 Å². The van der Waals surface area contributed by atoms with Crippen molar-refractivity contribution in [3.63, 3.8) is 0 Å². The highest BCUT2D eigenvalue weighted by atomic mass is 32.2. The number of benzene rings is 1. The van der Waals surface area contributed by atoms with Crippen molar-refractivity contribution in [3.8, 4) is 0 Å². The molecule has 8 nitrogen and oxygen atoms in total. The van der Waals surface area contributed by atoms with Gasteiger partial charge in [-0.05, 0) is 51.5 Å². The van der Waals surface area contributed by atoms with Crippen molar-refractivity contribution in [2.24, 2.45) is 11.8 Å². The normalized spacial score (nSPS) is 26.2. The summed E-state index contributed by atoms with van der Waals surface area (Å²) in [6.45, 7) is 11.1. The summed E-state index contributed by atoms with van der Waals surface area (Å²) in [5.74, 6) is -2.72. The van der Waals surface area contributed by atoms with E-state index in [-0.39, 0.29) is 28.5 Å². The highest BCUT2D eigenvalue weighted by Gasteiger charge is 2.61. The second kappa shape index (κ2) is 10.2. The Bertz CT molecular complexity index is 1120. The Labute approximate surface area is 216 Å². The molecule has 36 heavy (non-hydrogen) atoms. The molecule has 5 atom stereocenters. The van der Waals surface area contributed by atoms with Gasteiger partial charge in [0.15, 0.2) is 8.32 Å². The lowest BCUT2D eigenvalue weighted by Gasteiger charge is -2.48. The van der Waals surface area contributed by atoms with Crippen molar-refractivity contribution >= 4 is 36.9 Å². The minimum absolute atomic E-state index is 0.182. The number of hydrogen-bond acceptors (Lipinski definition) is 5. The van der Waals surface area contributed by atoms with E-state index < -0.39 is 43.0 Å². The molecular formula is C26H36N2O6SSi. The Morgan fingerprint density at radius 3 is 2.31 bits per heavy atom. The van der Waals surface area contributed by atoms with E-state index in [1.165, 1.54) is 4.90 Å². The van der Waals surface area contributed by atoms with Gasteiger partial charge in [0.25, 0.3) is 5.91 Å². The van der Waals surface area contributed by atoms with E-state index in [0.29, 0.717) is 23.5 Å². The number of carbonyl (C=O) groups excluding carboxylic acids is 2. The van der Waals surface area contributed by atoms with E-state index in [9.17, 15) is 23.7 Å². The molecule has 2 amide bonds. The van der Waals surface area contributed by atoms with E-state index in [1.54, 1.807) is 29.2 Å². The van der Waals surface area contributed by atoms with Gasteiger partial charge in [-0.3, -0.25) is 9.59 Å². The molecule has 2 saturated heterocycles. The summed E-state index contributed by atoms with van der Waals surface area (Å²) in [7, 11) is -3.85. The molecular weight excluding hydrogens is 496 g/mol. The molecule has 0 spiro atoms. The molecule has 10 heteroatoms. The molecule has 1 N–H and O–H groups in total. The van der Waals surface area contributed by atoms with Crippen molar-refractivity contribution in [2.45, 2.75) is 76.2 Å². The number of carboxylic acids is 1. The third kappa shape index (κ3) is 4.82. The summed E-state index contributed by atoms with van der Waals surface area (Å²) < 4.78 is 20.2. The molecule has 0 aromatic heterocycles. The van der Waals surface area contributed by atoms with Crippen molar-refractivity contribution in [2.75, 3.05) is 13.1 Å². The molecule has 0 bridgehead atoms. The maximum Gasteiger partial charge on any atom is 0.353 e. The molecule has 3 heterocycles. The maximum atomic E-state index is 14.0. The van der Waals surface area contributed by atoms with Gasteiger partial charge in [-0.2, -0.15) is 0 Å². The first-order valence-electron chi connectivity index (χ1n) is 12.7. The highest BCUT2D eigenvalue weighted by Crippen LogP contribution is 2.49. The topological polar surface area (TPSA) is 104 Å². The monoisotopic (exact) mass is 532 g/mol. The van der Waals surface area contributed by atoms with Gasteiger partial charge in [-0.15, -0.1) is 0 Å². The zero-order valence-corrected chi connectivity index (χ0v) is 23.5. The molecule has 3 aliphatic heterocycles. The second-order valence-electron chi connectivity index (χ2n) is 10.9. The van der Waals surface area contributed by atoms with Crippen LogP contribution >= 0.6 is 0 Å². The lowest BCUT2D eigenvalue weighted by molar-refractivity contribution is -0.162. The third-order valence-electron chi connectivity index (χ3n) is 7.25. The Morgan fingerprint density at radius 1 is 1.11 bits per heavy atom. The van der Waals surface area contributed by atoms with E-state index in [0.717, 1.165) is 25.7 Å². The number of β-lactam (4-membered cyclic amide) rings is 1. The van der Waals surface area contributed by atoms with Crippen molar-refractivity contribution in [3.05, 3.63) is 40.4 Å². The largest absolute Gasteiger partial charge is 0.477 e. The lowest BCUT2D eigenvalue weighted by Crippen LogP contribution is -2.64. The molecule has 3 aliphatic rings. The summed E-state index contributed by atoms with van der Waals surface area (Å²) in [5, 5.41) is 10.1. The van der Waals surface area contributed by atoms with E-state index in [1.807, 2.05) is 33.5 Å². The van der Waals surface area contributed by atoms with Crippen LogP contribution in [-0.4, -0.2) is 70.5 Å². The quantitative estimate of drug-likeness (QED) is 0.423. The molecule has 1 aromatic carbocycles. The van der Waals surface area contributed by atoms with Crippen LogP contribution in [0.2, 0.25) is 19.6 Å². The van der Waals surface area contributed by atoms with Crippen LogP contribution in [0.1, 0.15) is 49.9 Å². The number of carboxylic acid groups (broad SMARTS) is 1. The van der Waals surface area contributed by atoms with Gasteiger partial charge in [-0.1, -0.05) is 31.9 Å². The third-order valence-corrected chi connectivity index (χ3v) is 10.0. The number of nitrogens with zero attached hydrogens (tertiary/aromatic N) is 2. The Kier molecular flexibility index (Phi) is 7.59. The zero-order chi connectivity index (χ0) is 26.4. The van der Waals surface area contributed by atoms with Gasteiger partial charge in [0.05, 0.1) is 44.2 Å². The first-order chi connectivity index (χ1) is 16.9. The number of rotatable bonds is 7. The number of fused-ring (bicyclic) bond motifs is 1. The Morgan fingerprint density at radius 2 is 1.72 bits per heavy atom. The molecule has 4 unspecified atom stereocenters. The first kappa shape index (κ1) is 26.8. The molecule has 196 valence electrons. The van der Waals surface area contributed by atoms with E-state index in [2.05, 4.69) is 0 Å². The number of carbonyl (C=O) groups is 3. The predicted octanol–water partition coefficient (Wildman–Crippen LogP) is 3.82. The van der Waals surface area contributed by atoms with E-state index in [4.69, 9.17) is 4.43 Å². The van der Waals surface area contributed by atoms with Crippen LogP contribution in [0.25, 0.3) is 0 Å². The molecule has 0 aliphatic carbocycles. The van der Waals surface area contributed by atoms with Gasteiger partial charge in [0.1, 0.15) is 5.70 Å². The standard InChI is InChI=1S/C26H36N2O6SSi/c1-16-21-20(17(2)34-36(3,4)5)25(30)28(21)22(26(31)32)23(16)35(33)19-13-9-8-12-18(19)24(29)27-14-10-6-7-11-15-27/h8-9,12-13,16-17,20-21H,6-7,10-11,14-15H2,1-5H3,(H,31,32)/t16?,17?,20?,21-,35?/m0/s1. The minimum Gasteiger partial charge on any atom is -0.477 e. The molecule has 0 radical (unpaired) electrons. The molecule has 1 aromatic rings. The number of aliphatic carboxylic acids is 1. The summed E-state index contributed by atoms with van der Waals surface area (Å²) >= 11 is 0. The van der Waals surface area contributed by atoms with Gasteiger partial charge >= 0.3 is 5.97 Å². The average Bonchev–Trinajstić information content (AvgIpc) is 2.95. The summed E-state index contributed by atoms with van der Waals surface area (Å²) in [6, 6.07) is 6.31. The zero-order valence-electron chi connectivity index (χ0n) is 21.7. The van der Waals surface area contributed by atoms with Crippen LogP contribution in [0.15, 0.2) is 39.8 Å². The van der Waals surface area contributed by atoms with Crippen LogP contribution in [0.5, 0.6) is 0 Å². The summed E-state index contributed by atoms with van der Waals surface area (Å²) in [5.41, 5.74) is 0.110. The van der Waals surface area contributed by atoms with Crippen LogP contribution in [0.3, 0.4) is 0 Å². The van der Waals surface area contributed by atoms with Gasteiger partial charge in [0.2, 0.25) is 5.91 Å². The van der Waals surface area contributed by atoms with Crippen molar-refractivity contribution < 1.29 is 28.1 Å². The Balaban J connectivity index is 1.68. The van der Waals surface area contributed by atoms with Crippen molar-refractivity contribution in [1.82, 2.24) is 9.80 Å². The van der Waals surface area contributed by atoms with Crippen LogP contribution in [0.4, 0.5) is 0 Å². The fraction of sp³-hybridized carbons (Fsp3) is 0.577. The molecule has 4 rings (SSSR count). The second-order valence-corrected chi connectivity index (χ2v) is 16.8. The minimum atomic E-state index is -1.93. The number of amides is 2. The van der Waals surface area contributed by atoms with Gasteiger partial charge in [0, 0.05) is 19.0 Å². The first-order valence-corrected chi connectivity index (χ1v) is 17.3. The van der Waals surface area contributed by atoms with Crippen LogP contribution < -0.4 is 0 Å². The smallest absolute Gasteiger partial charge is 0.353 e. The average molecular weight is 533 g/mol. The summed E-state index contributed by atoms with van der Waals surface area (Å²) in [4.78, 5) is 42.5.